The zero-order chi connectivity index (χ0) is 14.6. The van der Waals surface area contributed by atoms with Crippen LogP contribution in [0, 0.1) is 6.92 Å². The molecule has 0 atom stereocenters. The van der Waals surface area contributed by atoms with E-state index in [0.717, 1.165) is 18.4 Å². The molecular formula is C14H17N3O2S. The average Bonchev–Trinajstić information content (AvgIpc) is 2.39. The highest BCUT2D eigenvalue weighted by atomic mass is 32.2. The van der Waals surface area contributed by atoms with Crippen molar-refractivity contribution in [2.45, 2.75) is 31.6 Å². The molecule has 20 heavy (non-hydrogen) atoms. The van der Waals surface area contributed by atoms with E-state index >= 15 is 0 Å². The smallest absolute Gasteiger partial charge is 0.247 e. The lowest BCUT2D eigenvalue weighted by Gasteiger charge is -2.07. The van der Waals surface area contributed by atoms with Gasteiger partial charge >= 0.3 is 0 Å². The lowest BCUT2D eigenvalue weighted by molar-refractivity contribution is 0.600. The molecule has 0 unspecified atom stereocenters. The fourth-order valence-corrected chi connectivity index (χ4v) is 2.75. The van der Waals surface area contributed by atoms with Gasteiger partial charge in [0.15, 0.2) is 0 Å². The largest absolute Gasteiger partial charge is 0.264 e. The summed E-state index contributed by atoms with van der Waals surface area (Å²) in [5.74, 6) is 0.0858. The first-order valence-corrected chi connectivity index (χ1v) is 7.91. The summed E-state index contributed by atoms with van der Waals surface area (Å²) in [5, 5.41) is 0. The van der Waals surface area contributed by atoms with Crippen molar-refractivity contribution in [1.82, 2.24) is 9.97 Å². The van der Waals surface area contributed by atoms with Crippen molar-refractivity contribution in [2.75, 3.05) is 4.72 Å². The van der Waals surface area contributed by atoms with E-state index in [4.69, 9.17) is 0 Å². The van der Waals surface area contributed by atoms with Crippen LogP contribution in [0.15, 0.2) is 41.4 Å². The molecule has 6 heteroatoms. The molecule has 106 valence electrons. The maximum Gasteiger partial charge on any atom is 0.264 e. The monoisotopic (exact) mass is 291 g/mol. The Bertz CT molecular complexity index is 682. The van der Waals surface area contributed by atoms with E-state index in [2.05, 4.69) is 21.6 Å². The van der Waals surface area contributed by atoms with Crippen molar-refractivity contribution in [2.24, 2.45) is 0 Å². The van der Waals surface area contributed by atoms with Gasteiger partial charge in [-0.3, -0.25) is 0 Å². The van der Waals surface area contributed by atoms with E-state index in [0.29, 0.717) is 5.69 Å². The highest BCUT2D eigenvalue weighted by Gasteiger charge is 2.15. The van der Waals surface area contributed by atoms with Gasteiger partial charge in [0, 0.05) is 11.9 Å². The van der Waals surface area contributed by atoms with E-state index in [-0.39, 0.29) is 10.8 Å². The maximum atomic E-state index is 12.2. The molecule has 0 saturated heterocycles. The van der Waals surface area contributed by atoms with Gasteiger partial charge in [-0.1, -0.05) is 25.5 Å². The SMILES string of the molecule is CCCc1ccc(S(=O)(=O)Nc2nccc(C)n2)cc1. The quantitative estimate of drug-likeness (QED) is 0.919. The molecule has 0 saturated carbocycles. The van der Waals surface area contributed by atoms with Gasteiger partial charge in [0.2, 0.25) is 5.95 Å². The van der Waals surface area contributed by atoms with Crippen LogP contribution in [-0.2, 0) is 16.4 Å². The van der Waals surface area contributed by atoms with Gasteiger partial charge in [-0.25, -0.2) is 23.1 Å². The second-order valence-electron chi connectivity index (χ2n) is 4.52. The number of benzene rings is 1. The molecular weight excluding hydrogens is 274 g/mol. The van der Waals surface area contributed by atoms with Crippen LogP contribution in [0.4, 0.5) is 5.95 Å². The number of nitrogens with zero attached hydrogens (tertiary/aromatic N) is 2. The lowest BCUT2D eigenvalue weighted by Crippen LogP contribution is -2.15. The van der Waals surface area contributed by atoms with Crippen LogP contribution in [0.1, 0.15) is 24.6 Å². The number of nitrogens with one attached hydrogen (secondary N) is 1. The predicted molar refractivity (Wildman–Crippen MR) is 78.0 cm³/mol. The molecule has 0 fully saturated rings. The minimum absolute atomic E-state index is 0.0858. The predicted octanol–water partition coefficient (Wildman–Crippen LogP) is 2.54. The number of sulfonamides is 1. The topological polar surface area (TPSA) is 72.0 Å². The number of aromatic nitrogens is 2. The Morgan fingerprint density at radius 2 is 1.85 bits per heavy atom. The van der Waals surface area contributed by atoms with Gasteiger partial charge < -0.3 is 0 Å². The van der Waals surface area contributed by atoms with Crippen LogP contribution >= 0.6 is 0 Å². The first kappa shape index (κ1) is 14.5. The first-order chi connectivity index (χ1) is 9.51. The van der Waals surface area contributed by atoms with Crippen LogP contribution in [0.5, 0.6) is 0 Å². The summed E-state index contributed by atoms with van der Waals surface area (Å²) < 4.78 is 26.8. The average molecular weight is 291 g/mol. The number of rotatable bonds is 5. The molecule has 1 aromatic heterocycles. The van der Waals surface area contributed by atoms with Crippen LogP contribution in [0.25, 0.3) is 0 Å². The summed E-state index contributed by atoms with van der Waals surface area (Å²) in [6.45, 7) is 3.86. The van der Waals surface area contributed by atoms with Gasteiger partial charge in [-0.05, 0) is 37.1 Å². The van der Waals surface area contributed by atoms with Gasteiger partial charge in [-0.2, -0.15) is 0 Å². The summed E-state index contributed by atoms with van der Waals surface area (Å²) in [4.78, 5) is 8.14. The van der Waals surface area contributed by atoms with Crippen molar-refractivity contribution in [3.05, 3.63) is 47.8 Å². The Morgan fingerprint density at radius 3 is 2.45 bits per heavy atom. The van der Waals surface area contributed by atoms with Crippen LogP contribution < -0.4 is 4.72 Å². The summed E-state index contributed by atoms with van der Waals surface area (Å²) in [7, 11) is -3.64. The molecule has 0 aliphatic rings. The van der Waals surface area contributed by atoms with Gasteiger partial charge in [0.1, 0.15) is 0 Å². The molecule has 1 heterocycles. The molecule has 2 rings (SSSR count). The number of hydrogen-bond acceptors (Lipinski definition) is 4. The Labute approximate surface area is 119 Å². The lowest BCUT2D eigenvalue weighted by atomic mass is 10.1. The Balaban J connectivity index is 2.21. The maximum absolute atomic E-state index is 12.2. The molecule has 1 N–H and O–H groups in total. The van der Waals surface area contributed by atoms with Crippen molar-refractivity contribution in [3.63, 3.8) is 0 Å². The molecule has 2 aromatic rings. The molecule has 5 nitrogen and oxygen atoms in total. The molecule has 0 amide bonds. The molecule has 0 aliphatic carbocycles. The summed E-state index contributed by atoms with van der Waals surface area (Å²) >= 11 is 0. The minimum atomic E-state index is -3.64. The Hall–Kier alpha value is -1.95. The summed E-state index contributed by atoms with van der Waals surface area (Å²) in [6, 6.07) is 8.56. The Kier molecular flexibility index (Phi) is 4.34. The van der Waals surface area contributed by atoms with Gasteiger partial charge in [0.25, 0.3) is 10.0 Å². The van der Waals surface area contributed by atoms with Crippen LogP contribution in [0.2, 0.25) is 0 Å². The highest BCUT2D eigenvalue weighted by Crippen LogP contribution is 2.14. The van der Waals surface area contributed by atoms with E-state index in [1.165, 1.54) is 6.20 Å². The molecule has 0 aliphatic heterocycles. The molecule has 1 aromatic carbocycles. The van der Waals surface area contributed by atoms with Gasteiger partial charge in [-0.15, -0.1) is 0 Å². The molecule has 0 bridgehead atoms. The second-order valence-corrected chi connectivity index (χ2v) is 6.20. The number of hydrogen-bond donors (Lipinski definition) is 1. The van der Waals surface area contributed by atoms with Crippen molar-refractivity contribution in [1.29, 1.82) is 0 Å². The third-order valence-electron chi connectivity index (χ3n) is 2.79. The van der Waals surface area contributed by atoms with E-state index in [1.807, 2.05) is 12.1 Å². The second kappa shape index (κ2) is 6.00. The Morgan fingerprint density at radius 1 is 1.15 bits per heavy atom. The third kappa shape index (κ3) is 3.54. The van der Waals surface area contributed by atoms with Crippen LogP contribution in [0.3, 0.4) is 0 Å². The van der Waals surface area contributed by atoms with E-state index in [1.54, 1.807) is 25.1 Å². The fourth-order valence-electron chi connectivity index (χ4n) is 1.80. The highest BCUT2D eigenvalue weighted by molar-refractivity contribution is 7.92. The fraction of sp³-hybridized carbons (Fsp3) is 0.286. The summed E-state index contributed by atoms with van der Waals surface area (Å²) in [5.41, 5.74) is 1.83. The van der Waals surface area contributed by atoms with Crippen molar-refractivity contribution < 1.29 is 8.42 Å². The third-order valence-corrected chi connectivity index (χ3v) is 4.14. The minimum Gasteiger partial charge on any atom is -0.247 e. The number of aryl methyl sites for hydroxylation is 2. The number of anilines is 1. The van der Waals surface area contributed by atoms with E-state index in [9.17, 15) is 8.42 Å². The first-order valence-electron chi connectivity index (χ1n) is 6.42. The van der Waals surface area contributed by atoms with Gasteiger partial charge in [0.05, 0.1) is 4.90 Å². The summed E-state index contributed by atoms with van der Waals surface area (Å²) in [6.07, 6.45) is 3.49. The van der Waals surface area contributed by atoms with Crippen molar-refractivity contribution in [3.8, 4) is 0 Å². The van der Waals surface area contributed by atoms with E-state index < -0.39 is 10.0 Å². The van der Waals surface area contributed by atoms with Crippen LogP contribution in [-0.4, -0.2) is 18.4 Å². The standard InChI is InChI=1S/C14H17N3O2S/c1-3-4-12-5-7-13(8-6-12)20(18,19)17-14-15-10-9-11(2)16-14/h5-10H,3-4H2,1-2H3,(H,15,16,17). The normalized spacial score (nSPS) is 11.3. The van der Waals surface area contributed by atoms with Crippen molar-refractivity contribution >= 4 is 16.0 Å². The zero-order valence-electron chi connectivity index (χ0n) is 11.5. The molecule has 0 spiro atoms. The molecule has 0 radical (unpaired) electrons. The zero-order valence-corrected chi connectivity index (χ0v) is 12.3.